The summed E-state index contributed by atoms with van der Waals surface area (Å²) in [4.78, 5) is 2.59. The van der Waals surface area contributed by atoms with Crippen LogP contribution in [0.4, 0.5) is 0 Å². The second-order valence-corrected chi connectivity index (χ2v) is 4.46. The summed E-state index contributed by atoms with van der Waals surface area (Å²) in [5.74, 6) is 0. The van der Waals surface area contributed by atoms with E-state index in [0.717, 1.165) is 25.7 Å². The van der Waals surface area contributed by atoms with Gasteiger partial charge in [0.25, 0.3) is 0 Å². The van der Waals surface area contributed by atoms with Crippen LogP contribution in [0.3, 0.4) is 0 Å². The highest BCUT2D eigenvalue weighted by molar-refractivity contribution is 4.84. The fraction of sp³-hybridized carbons (Fsp3) is 1.00. The SMILES string of the molecule is COCCN(CCCCCCN)C1CC1. The molecular weight excluding hydrogens is 188 g/mol. The Morgan fingerprint density at radius 3 is 2.47 bits per heavy atom. The minimum atomic E-state index is 0.843. The summed E-state index contributed by atoms with van der Waals surface area (Å²) in [6, 6.07) is 0.870. The molecule has 1 aliphatic carbocycles. The molecule has 1 rings (SSSR count). The first-order valence-electron chi connectivity index (χ1n) is 6.31. The van der Waals surface area contributed by atoms with Gasteiger partial charge in [0.05, 0.1) is 6.61 Å². The fourth-order valence-corrected chi connectivity index (χ4v) is 1.94. The van der Waals surface area contributed by atoms with E-state index in [-0.39, 0.29) is 0 Å². The molecule has 0 bridgehead atoms. The topological polar surface area (TPSA) is 38.5 Å². The molecule has 0 aromatic rings. The van der Waals surface area contributed by atoms with Crippen molar-refractivity contribution in [3.8, 4) is 0 Å². The van der Waals surface area contributed by atoms with Crippen molar-refractivity contribution >= 4 is 0 Å². The number of methoxy groups -OCH3 is 1. The lowest BCUT2D eigenvalue weighted by Crippen LogP contribution is -2.30. The highest BCUT2D eigenvalue weighted by atomic mass is 16.5. The Bertz CT molecular complexity index is 149. The number of rotatable bonds is 10. The van der Waals surface area contributed by atoms with Crippen molar-refractivity contribution in [2.75, 3.05) is 33.4 Å². The first kappa shape index (κ1) is 12.9. The molecule has 3 nitrogen and oxygen atoms in total. The molecule has 0 atom stereocenters. The number of ether oxygens (including phenoxy) is 1. The molecule has 0 heterocycles. The Labute approximate surface area is 94.0 Å². The van der Waals surface area contributed by atoms with Gasteiger partial charge in [-0.3, -0.25) is 4.90 Å². The van der Waals surface area contributed by atoms with Crippen LogP contribution in [0.15, 0.2) is 0 Å². The molecule has 0 aromatic carbocycles. The Morgan fingerprint density at radius 2 is 1.87 bits per heavy atom. The van der Waals surface area contributed by atoms with Crippen LogP contribution in [0.2, 0.25) is 0 Å². The van der Waals surface area contributed by atoms with E-state index in [1.165, 1.54) is 45.1 Å². The van der Waals surface area contributed by atoms with E-state index < -0.39 is 0 Å². The van der Waals surface area contributed by atoms with E-state index >= 15 is 0 Å². The maximum Gasteiger partial charge on any atom is 0.0589 e. The predicted octanol–water partition coefficient (Wildman–Crippen LogP) is 1.62. The van der Waals surface area contributed by atoms with Crippen LogP contribution in [0.25, 0.3) is 0 Å². The van der Waals surface area contributed by atoms with Gasteiger partial charge < -0.3 is 10.5 Å². The van der Waals surface area contributed by atoms with Crippen molar-refractivity contribution in [2.45, 2.75) is 44.6 Å². The Hall–Kier alpha value is -0.120. The van der Waals surface area contributed by atoms with Crippen LogP contribution in [-0.2, 0) is 4.74 Å². The van der Waals surface area contributed by atoms with E-state index in [4.69, 9.17) is 10.5 Å². The second-order valence-electron chi connectivity index (χ2n) is 4.46. The summed E-state index contributed by atoms with van der Waals surface area (Å²) >= 11 is 0. The first-order valence-corrected chi connectivity index (χ1v) is 6.31. The van der Waals surface area contributed by atoms with Gasteiger partial charge in [-0.1, -0.05) is 12.8 Å². The summed E-state index contributed by atoms with van der Waals surface area (Å²) in [5.41, 5.74) is 5.47. The van der Waals surface area contributed by atoms with Crippen LogP contribution in [0.5, 0.6) is 0 Å². The van der Waals surface area contributed by atoms with Gasteiger partial charge in [-0.2, -0.15) is 0 Å². The summed E-state index contributed by atoms with van der Waals surface area (Å²) in [7, 11) is 1.78. The van der Waals surface area contributed by atoms with Crippen molar-refractivity contribution < 1.29 is 4.74 Å². The molecular formula is C12H26N2O. The molecule has 1 fully saturated rings. The van der Waals surface area contributed by atoms with Crippen molar-refractivity contribution in [3.63, 3.8) is 0 Å². The van der Waals surface area contributed by atoms with Gasteiger partial charge in [-0.05, 0) is 38.8 Å². The zero-order chi connectivity index (χ0) is 10.9. The van der Waals surface area contributed by atoms with E-state index in [2.05, 4.69) is 4.90 Å². The highest BCUT2D eigenvalue weighted by Gasteiger charge is 2.27. The maximum atomic E-state index is 5.47. The molecule has 0 saturated heterocycles. The molecule has 0 radical (unpaired) electrons. The van der Waals surface area contributed by atoms with E-state index in [0.29, 0.717) is 0 Å². The number of hydrogen-bond acceptors (Lipinski definition) is 3. The van der Waals surface area contributed by atoms with Gasteiger partial charge in [-0.15, -0.1) is 0 Å². The van der Waals surface area contributed by atoms with Crippen LogP contribution in [0.1, 0.15) is 38.5 Å². The van der Waals surface area contributed by atoms with Crippen LogP contribution >= 0.6 is 0 Å². The monoisotopic (exact) mass is 214 g/mol. The molecule has 0 amide bonds. The molecule has 0 aromatic heterocycles. The molecule has 90 valence electrons. The Morgan fingerprint density at radius 1 is 1.13 bits per heavy atom. The van der Waals surface area contributed by atoms with Gasteiger partial charge >= 0.3 is 0 Å². The third-order valence-electron chi connectivity index (χ3n) is 3.05. The predicted molar refractivity (Wildman–Crippen MR) is 64.0 cm³/mol. The standard InChI is InChI=1S/C12H26N2O/c1-15-11-10-14(12-6-7-12)9-5-3-2-4-8-13/h12H,2-11,13H2,1H3. The Balaban J connectivity index is 1.98. The van der Waals surface area contributed by atoms with Gasteiger partial charge in [0.2, 0.25) is 0 Å². The highest BCUT2D eigenvalue weighted by Crippen LogP contribution is 2.26. The molecule has 3 heteroatoms. The van der Waals surface area contributed by atoms with Crippen molar-refractivity contribution in [2.24, 2.45) is 5.73 Å². The van der Waals surface area contributed by atoms with Gasteiger partial charge in [-0.25, -0.2) is 0 Å². The van der Waals surface area contributed by atoms with Crippen LogP contribution in [0, 0.1) is 0 Å². The zero-order valence-corrected chi connectivity index (χ0v) is 10.1. The lowest BCUT2D eigenvalue weighted by molar-refractivity contribution is 0.142. The second kappa shape index (κ2) is 8.08. The number of nitrogens with zero attached hydrogens (tertiary/aromatic N) is 1. The maximum absolute atomic E-state index is 5.47. The average molecular weight is 214 g/mol. The van der Waals surface area contributed by atoms with Crippen molar-refractivity contribution in [1.29, 1.82) is 0 Å². The van der Waals surface area contributed by atoms with E-state index in [1.54, 1.807) is 7.11 Å². The van der Waals surface area contributed by atoms with Gasteiger partial charge in [0.1, 0.15) is 0 Å². The smallest absolute Gasteiger partial charge is 0.0589 e. The third-order valence-corrected chi connectivity index (χ3v) is 3.05. The lowest BCUT2D eigenvalue weighted by Gasteiger charge is -2.21. The number of nitrogens with two attached hydrogens (primary N) is 1. The van der Waals surface area contributed by atoms with Gasteiger partial charge in [0.15, 0.2) is 0 Å². The minimum Gasteiger partial charge on any atom is -0.383 e. The quantitative estimate of drug-likeness (QED) is 0.562. The van der Waals surface area contributed by atoms with E-state index in [9.17, 15) is 0 Å². The summed E-state index contributed by atoms with van der Waals surface area (Å²) in [6.07, 6.45) is 7.91. The van der Waals surface area contributed by atoms with Crippen molar-refractivity contribution in [3.05, 3.63) is 0 Å². The zero-order valence-electron chi connectivity index (χ0n) is 10.1. The molecule has 1 saturated carbocycles. The molecule has 0 aliphatic heterocycles. The fourth-order valence-electron chi connectivity index (χ4n) is 1.94. The molecule has 0 spiro atoms. The third kappa shape index (κ3) is 6.13. The molecule has 0 unspecified atom stereocenters. The van der Waals surface area contributed by atoms with Crippen LogP contribution < -0.4 is 5.73 Å². The first-order chi connectivity index (χ1) is 7.38. The van der Waals surface area contributed by atoms with Gasteiger partial charge in [0, 0.05) is 19.7 Å². The lowest BCUT2D eigenvalue weighted by atomic mass is 10.2. The molecule has 2 N–H and O–H groups in total. The van der Waals surface area contributed by atoms with Crippen molar-refractivity contribution in [1.82, 2.24) is 4.90 Å². The Kier molecular flexibility index (Phi) is 6.98. The number of unbranched alkanes of at least 4 members (excludes halogenated alkanes) is 3. The average Bonchev–Trinajstić information content (AvgIpc) is 3.06. The normalized spacial score (nSPS) is 16.2. The summed E-state index contributed by atoms with van der Waals surface area (Å²) in [5, 5.41) is 0. The number of hydrogen-bond donors (Lipinski definition) is 1. The largest absolute Gasteiger partial charge is 0.383 e. The summed E-state index contributed by atoms with van der Waals surface area (Å²) in [6.45, 7) is 4.08. The molecule has 15 heavy (non-hydrogen) atoms. The van der Waals surface area contributed by atoms with E-state index in [1.807, 2.05) is 0 Å². The minimum absolute atomic E-state index is 0.843. The molecule has 1 aliphatic rings. The summed E-state index contributed by atoms with van der Waals surface area (Å²) < 4.78 is 5.14. The van der Waals surface area contributed by atoms with Crippen LogP contribution in [-0.4, -0.2) is 44.3 Å².